The summed E-state index contributed by atoms with van der Waals surface area (Å²) >= 11 is 0. The van der Waals surface area contributed by atoms with Crippen LogP contribution in [0.5, 0.6) is 0 Å². The molecule has 3 atom stereocenters. The van der Waals surface area contributed by atoms with Crippen LogP contribution in [0, 0.1) is 11.7 Å². The molecule has 35 heavy (non-hydrogen) atoms. The molecule has 4 aromatic rings. The Morgan fingerprint density at radius 3 is 2.77 bits per heavy atom. The minimum Gasteiger partial charge on any atom is -0.446 e. The summed E-state index contributed by atoms with van der Waals surface area (Å²) in [5, 5.41) is 8.87. The molecule has 3 aromatic heterocycles. The second-order valence-electron chi connectivity index (χ2n) is 9.40. The third kappa shape index (κ3) is 3.86. The van der Waals surface area contributed by atoms with Gasteiger partial charge in [0.25, 0.3) is 0 Å². The third-order valence-corrected chi connectivity index (χ3v) is 7.47. The number of para-hydroxylation sites is 1. The molecule has 4 heterocycles. The molecule has 1 N–H and O–H groups in total. The van der Waals surface area contributed by atoms with Crippen molar-refractivity contribution in [3.05, 3.63) is 54.4 Å². The summed E-state index contributed by atoms with van der Waals surface area (Å²) in [4.78, 5) is 24.2. The molecule has 2 fully saturated rings. The van der Waals surface area contributed by atoms with Gasteiger partial charge in [-0.2, -0.15) is 0 Å². The van der Waals surface area contributed by atoms with Crippen molar-refractivity contribution in [1.82, 2.24) is 29.5 Å². The van der Waals surface area contributed by atoms with Gasteiger partial charge in [0.1, 0.15) is 17.7 Å². The van der Waals surface area contributed by atoms with E-state index >= 15 is 0 Å². The van der Waals surface area contributed by atoms with Crippen molar-refractivity contribution in [3.8, 4) is 0 Å². The van der Waals surface area contributed by atoms with Crippen molar-refractivity contribution in [1.29, 1.82) is 0 Å². The summed E-state index contributed by atoms with van der Waals surface area (Å²) < 4.78 is 22.2. The molecule has 1 aromatic carbocycles. The van der Waals surface area contributed by atoms with Gasteiger partial charge in [-0.05, 0) is 37.0 Å². The van der Waals surface area contributed by atoms with Gasteiger partial charge in [-0.3, -0.25) is 4.40 Å². The van der Waals surface area contributed by atoms with Crippen LogP contribution >= 0.6 is 0 Å². The Balaban J connectivity index is 1.13. The van der Waals surface area contributed by atoms with Gasteiger partial charge < -0.3 is 19.5 Å². The quantitative estimate of drug-likeness (QED) is 0.478. The lowest BCUT2D eigenvalue weighted by atomic mass is 9.93. The second kappa shape index (κ2) is 8.83. The smallest absolute Gasteiger partial charge is 0.410 e. The first kappa shape index (κ1) is 21.8. The monoisotopic (exact) mass is 477 g/mol. The zero-order chi connectivity index (χ0) is 23.9. The van der Waals surface area contributed by atoms with Crippen LogP contribution in [-0.2, 0) is 4.74 Å². The summed E-state index contributed by atoms with van der Waals surface area (Å²) in [7, 11) is 0. The molecule has 1 saturated heterocycles. The molecule has 0 radical (unpaired) electrons. The van der Waals surface area contributed by atoms with Crippen LogP contribution < -0.4 is 4.90 Å². The molecular formula is C25H28FN7O2. The topological polar surface area (TPSA) is 91.7 Å². The van der Waals surface area contributed by atoms with Crippen LogP contribution in [0.4, 0.5) is 14.9 Å². The first-order valence-electron chi connectivity index (χ1n) is 12.2. The maximum absolute atomic E-state index is 14.1. The zero-order valence-corrected chi connectivity index (χ0v) is 19.6. The number of halogens is 1. The minimum absolute atomic E-state index is 0.145. The maximum atomic E-state index is 14.1. The van der Waals surface area contributed by atoms with E-state index in [2.05, 4.69) is 31.5 Å². The van der Waals surface area contributed by atoms with Gasteiger partial charge in [-0.25, -0.2) is 14.2 Å². The number of benzene rings is 1. The van der Waals surface area contributed by atoms with E-state index in [9.17, 15) is 9.18 Å². The average Bonchev–Trinajstić information content (AvgIpc) is 3.61. The predicted molar refractivity (Wildman–Crippen MR) is 129 cm³/mol. The van der Waals surface area contributed by atoms with Crippen molar-refractivity contribution in [3.63, 3.8) is 0 Å². The largest absolute Gasteiger partial charge is 0.446 e. The molecule has 182 valence electrons. The Morgan fingerprint density at radius 1 is 1.14 bits per heavy atom. The number of piperazine rings is 1. The Bertz CT molecular complexity index is 1360. The van der Waals surface area contributed by atoms with E-state index in [1.807, 2.05) is 23.2 Å². The van der Waals surface area contributed by atoms with E-state index in [0.29, 0.717) is 44.2 Å². The minimum atomic E-state index is -0.290. The number of nitrogens with one attached hydrogen (secondary N) is 1. The van der Waals surface area contributed by atoms with Crippen molar-refractivity contribution >= 4 is 28.6 Å². The standard InChI is InChI=1S/C25H28FN7O2/c1-2-16-13-17(14-18(16)24-30-29-22-15-28-23-21(33(22)24)7-8-27-23)35-25(34)32-11-9-31(10-12-32)20-6-4-3-5-19(20)26/h3-8,15-18,27H,2,9-14H2,1H3/t16-,17+,18+/m1/s1. The number of amides is 1. The highest BCUT2D eigenvalue weighted by molar-refractivity contribution is 5.74. The van der Waals surface area contributed by atoms with E-state index < -0.39 is 0 Å². The van der Waals surface area contributed by atoms with Gasteiger partial charge in [-0.15, -0.1) is 10.2 Å². The number of rotatable bonds is 4. The highest BCUT2D eigenvalue weighted by Gasteiger charge is 2.40. The summed E-state index contributed by atoms with van der Waals surface area (Å²) in [6.07, 6.45) is 5.62. The zero-order valence-electron chi connectivity index (χ0n) is 19.6. The number of hydrogen-bond donors (Lipinski definition) is 1. The SMILES string of the molecule is CC[C@@H]1C[C@H](OC(=O)N2CCN(c3ccccc3F)CC2)C[C@@H]1c1nnc2cnc3[nH]ccc3n12. The average molecular weight is 478 g/mol. The maximum Gasteiger partial charge on any atom is 0.410 e. The summed E-state index contributed by atoms with van der Waals surface area (Å²) in [6.45, 7) is 4.34. The molecule has 10 heteroatoms. The fourth-order valence-corrected chi connectivity index (χ4v) is 5.63. The van der Waals surface area contributed by atoms with Crippen molar-refractivity contribution in [2.75, 3.05) is 31.1 Å². The van der Waals surface area contributed by atoms with Gasteiger partial charge in [0.15, 0.2) is 11.3 Å². The van der Waals surface area contributed by atoms with Crippen LogP contribution in [0.2, 0.25) is 0 Å². The van der Waals surface area contributed by atoms with Gasteiger partial charge >= 0.3 is 6.09 Å². The van der Waals surface area contributed by atoms with E-state index in [0.717, 1.165) is 35.5 Å². The lowest BCUT2D eigenvalue weighted by Gasteiger charge is -2.36. The number of nitrogens with zero attached hydrogens (tertiary/aromatic N) is 6. The Labute approximate surface area is 201 Å². The molecule has 2 aliphatic rings. The van der Waals surface area contributed by atoms with Gasteiger partial charge in [0, 0.05) is 38.3 Å². The van der Waals surface area contributed by atoms with Crippen LogP contribution in [0.15, 0.2) is 42.7 Å². The number of ether oxygens (including phenoxy) is 1. The van der Waals surface area contributed by atoms with Crippen molar-refractivity contribution in [2.45, 2.75) is 38.2 Å². The molecule has 0 unspecified atom stereocenters. The third-order valence-electron chi connectivity index (χ3n) is 7.47. The van der Waals surface area contributed by atoms with Gasteiger partial charge in [-0.1, -0.05) is 25.5 Å². The Hall–Kier alpha value is -3.69. The Morgan fingerprint density at radius 2 is 1.97 bits per heavy atom. The van der Waals surface area contributed by atoms with Crippen molar-refractivity contribution < 1.29 is 13.9 Å². The fraction of sp³-hybridized carbons (Fsp3) is 0.440. The van der Waals surface area contributed by atoms with E-state index in [1.165, 1.54) is 6.07 Å². The Kier molecular flexibility index (Phi) is 5.50. The predicted octanol–water partition coefficient (Wildman–Crippen LogP) is 3.98. The highest BCUT2D eigenvalue weighted by atomic mass is 19.1. The normalized spacial score (nSPS) is 22.9. The first-order valence-corrected chi connectivity index (χ1v) is 12.2. The number of aromatic nitrogens is 5. The molecule has 1 saturated carbocycles. The van der Waals surface area contributed by atoms with Crippen LogP contribution in [0.25, 0.3) is 16.8 Å². The summed E-state index contributed by atoms with van der Waals surface area (Å²) in [6, 6.07) is 8.74. The molecule has 1 aliphatic heterocycles. The molecule has 0 spiro atoms. The molecule has 9 nitrogen and oxygen atoms in total. The second-order valence-corrected chi connectivity index (χ2v) is 9.40. The van der Waals surface area contributed by atoms with E-state index in [4.69, 9.17) is 4.74 Å². The molecule has 0 bridgehead atoms. The van der Waals surface area contributed by atoms with Crippen LogP contribution in [0.3, 0.4) is 0 Å². The lowest BCUT2D eigenvalue weighted by Crippen LogP contribution is -2.49. The molecular weight excluding hydrogens is 449 g/mol. The first-order chi connectivity index (χ1) is 17.1. The number of H-pyrrole nitrogens is 1. The fourth-order valence-electron chi connectivity index (χ4n) is 5.63. The van der Waals surface area contributed by atoms with E-state index in [1.54, 1.807) is 23.2 Å². The number of anilines is 1. The highest BCUT2D eigenvalue weighted by Crippen LogP contribution is 2.42. The number of carbonyl (C=O) groups is 1. The van der Waals surface area contributed by atoms with E-state index in [-0.39, 0.29) is 23.9 Å². The number of aromatic amines is 1. The summed E-state index contributed by atoms with van der Waals surface area (Å²) in [5.41, 5.74) is 3.04. The molecule has 6 rings (SSSR count). The van der Waals surface area contributed by atoms with Crippen LogP contribution in [-0.4, -0.2) is 67.8 Å². The van der Waals surface area contributed by atoms with Gasteiger partial charge in [0.05, 0.1) is 17.4 Å². The number of hydrogen-bond acceptors (Lipinski definition) is 6. The van der Waals surface area contributed by atoms with Crippen molar-refractivity contribution in [2.24, 2.45) is 5.92 Å². The lowest BCUT2D eigenvalue weighted by molar-refractivity contribution is 0.0617. The number of fused-ring (bicyclic) bond motifs is 3. The van der Waals surface area contributed by atoms with Gasteiger partial charge in [0.2, 0.25) is 0 Å². The number of carbonyl (C=O) groups excluding carboxylic acids is 1. The van der Waals surface area contributed by atoms with Crippen LogP contribution in [0.1, 0.15) is 37.9 Å². The molecule has 1 aliphatic carbocycles. The molecule has 1 amide bonds. The summed E-state index contributed by atoms with van der Waals surface area (Å²) in [5.74, 6) is 1.15.